The molecule has 0 unspecified atom stereocenters. The molecule has 0 aliphatic carbocycles. The summed E-state index contributed by atoms with van der Waals surface area (Å²) in [5.41, 5.74) is 10.6. The topological polar surface area (TPSA) is 114 Å². The average molecular weight is 437 g/mol. The summed E-state index contributed by atoms with van der Waals surface area (Å²) in [5.74, 6) is 0.163. The van der Waals surface area contributed by atoms with Crippen LogP contribution in [0.1, 0.15) is 50.5 Å². The van der Waals surface area contributed by atoms with E-state index < -0.39 is 0 Å². The molecule has 7 heteroatoms. The van der Waals surface area contributed by atoms with Gasteiger partial charge < -0.3 is 15.7 Å². The third-order valence-electron chi connectivity index (χ3n) is 5.63. The Bertz CT molecular complexity index is 1090. The van der Waals surface area contributed by atoms with Gasteiger partial charge in [-0.15, -0.1) is 0 Å². The Balaban J connectivity index is 1.79. The summed E-state index contributed by atoms with van der Waals surface area (Å²) < 4.78 is 0. The first-order chi connectivity index (χ1) is 14.8. The molecule has 31 heavy (non-hydrogen) atoms. The lowest BCUT2D eigenvalue weighted by Gasteiger charge is -2.40. The zero-order valence-corrected chi connectivity index (χ0v) is 18.3. The SMILES string of the molecule is Cc1cc(C)c(C(=O)N2CC(c3ccc(C#N)cc3)C2)cc1C(=N)/C(Cl)=C(\N)CCO. The highest BCUT2D eigenvalue weighted by Crippen LogP contribution is 2.30. The number of amides is 1. The fraction of sp³-hybridized carbons (Fsp3) is 0.292. The Hall–Kier alpha value is -3.14. The lowest BCUT2D eigenvalue weighted by atomic mass is 9.89. The first-order valence-corrected chi connectivity index (χ1v) is 10.4. The number of likely N-dealkylation sites (tertiary alicyclic amines) is 1. The molecule has 2 aromatic carbocycles. The van der Waals surface area contributed by atoms with E-state index in [1.165, 1.54) is 0 Å². The molecular formula is C24H25ClN4O2. The molecule has 1 aliphatic rings. The van der Waals surface area contributed by atoms with Crippen molar-refractivity contribution in [2.75, 3.05) is 19.7 Å². The monoisotopic (exact) mass is 436 g/mol. The molecular weight excluding hydrogens is 412 g/mol. The number of hydrogen-bond donors (Lipinski definition) is 3. The van der Waals surface area contributed by atoms with E-state index in [4.69, 9.17) is 33.1 Å². The van der Waals surface area contributed by atoms with Gasteiger partial charge in [-0.2, -0.15) is 5.26 Å². The van der Waals surface area contributed by atoms with E-state index in [1.54, 1.807) is 23.1 Å². The number of allylic oxidation sites excluding steroid dienone is 1. The molecule has 0 atom stereocenters. The molecule has 1 heterocycles. The van der Waals surface area contributed by atoms with E-state index in [-0.39, 0.29) is 41.3 Å². The van der Waals surface area contributed by atoms with Gasteiger partial charge in [-0.3, -0.25) is 10.2 Å². The fourth-order valence-electron chi connectivity index (χ4n) is 3.72. The maximum absolute atomic E-state index is 13.1. The van der Waals surface area contributed by atoms with Crippen LogP contribution in [0, 0.1) is 30.6 Å². The fourth-order valence-corrected chi connectivity index (χ4v) is 3.91. The third-order valence-corrected chi connectivity index (χ3v) is 6.07. The summed E-state index contributed by atoms with van der Waals surface area (Å²) in [6.45, 7) is 4.80. The molecule has 1 aliphatic heterocycles. The molecule has 2 aromatic rings. The Morgan fingerprint density at radius 2 is 1.84 bits per heavy atom. The molecule has 1 saturated heterocycles. The van der Waals surface area contributed by atoms with Gasteiger partial charge in [0.05, 0.1) is 22.4 Å². The summed E-state index contributed by atoms with van der Waals surface area (Å²) in [4.78, 5) is 14.9. The van der Waals surface area contributed by atoms with Gasteiger partial charge in [0.25, 0.3) is 5.91 Å². The van der Waals surface area contributed by atoms with E-state index in [0.29, 0.717) is 29.8 Å². The number of carbonyl (C=O) groups excluding carboxylic acids is 1. The first-order valence-electron chi connectivity index (χ1n) is 10.0. The molecule has 0 bridgehead atoms. The van der Waals surface area contributed by atoms with Crippen molar-refractivity contribution in [3.05, 3.63) is 80.5 Å². The molecule has 0 spiro atoms. The van der Waals surface area contributed by atoms with Crippen molar-refractivity contribution in [3.63, 3.8) is 0 Å². The minimum absolute atomic E-state index is 0.0400. The Morgan fingerprint density at radius 3 is 2.42 bits per heavy atom. The van der Waals surface area contributed by atoms with Crippen molar-refractivity contribution in [2.45, 2.75) is 26.2 Å². The lowest BCUT2D eigenvalue weighted by molar-refractivity contribution is 0.0601. The van der Waals surface area contributed by atoms with Gasteiger partial charge in [-0.05, 0) is 48.7 Å². The lowest BCUT2D eigenvalue weighted by Crippen LogP contribution is -2.48. The molecule has 0 saturated carbocycles. The largest absolute Gasteiger partial charge is 0.401 e. The van der Waals surface area contributed by atoms with Gasteiger partial charge >= 0.3 is 0 Å². The summed E-state index contributed by atoms with van der Waals surface area (Å²) >= 11 is 6.25. The van der Waals surface area contributed by atoms with Crippen LogP contribution in [0.3, 0.4) is 0 Å². The van der Waals surface area contributed by atoms with E-state index >= 15 is 0 Å². The number of nitrogens with two attached hydrogens (primary N) is 1. The highest BCUT2D eigenvalue weighted by atomic mass is 35.5. The van der Waals surface area contributed by atoms with Crippen LogP contribution in [0.5, 0.6) is 0 Å². The van der Waals surface area contributed by atoms with Crippen LogP contribution in [0.25, 0.3) is 0 Å². The van der Waals surface area contributed by atoms with Gasteiger partial charge in [0.1, 0.15) is 0 Å². The molecule has 160 valence electrons. The molecule has 4 N–H and O–H groups in total. The average Bonchev–Trinajstić information content (AvgIpc) is 2.72. The quantitative estimate of drug-likeness (QED) is 0.600. The zero-order chi connectivity index (χ0) is 22.7. The summed E-state index contributed by atoms with van der Waals surface area (Å²) in [6, 6.07) is 13.2. The molecule has 0 radical (unpaired) electrons. The Morgan fingerprint density at radius 1 is 1.23 bits per heavy atom. The second kappa shape index (κ2) is 9.34. The molecule has 1 fully saturated rings. The molecule has 3 rings (SSSR count). The summed E-state index contributed by atoms with van der Waals surface area (Å²) in [5, 5.41) is 26.5. The second-order valence-electron chi connectivity index (χ2n) is 7.81. The number of rotatable bonds is 6. The number of nitriles is 1. The summed E-state index contributed by atoms with van der Waals surface area (Å²) in [6.07, 6.45) is 0.183. The number of aliphatic hydroxyl groups excluding tert-OH is 1. The Kier molecular flexibility index (Phi) is 6.79. The summed E-state index contributed by atoms with van der Waals surface area (Å²) in [7, 11) is 0. The number of benzene rings is 2. The van der Waals surface area contributed by atoms with E-state index in [9.17, 15) is 4.79 Å². The van der Waals surface area contributed by atoms with Crippen LogP contribution in [-0.2, 0) is 0 Å². The van der Waals surface area contributed by atoms with Gasteiger partial charge in [-0.1, -0.05) is 29.8 Å². The molecule has 6 nitrogen and oxygen atoms in total. The van der Waals surface area contributed by atoms with Crippen molar-refractivity contribution in [1.82, 2.24) is 4.90 Å². The highest BCUT2D eigenvalue weighted by molar-refractivity contribution is 6.46. The van der Waals surface area contributed by atoms with Crippen molar-refractivity contribution in [1.29, 1.82) is 10.7 Å². The maximum atomic E-state index is 13.1. The van der Waals surface area contributed by atoms with E-state index in [1.807, 2.05) is 32.0 Å². The number of aryl methyl sites for hydroxylation is 2. The Labute approximate surface area is 187 Å². The van der Waals surface area contributed by atoms with Crippen LogP contribution in [-0.4, -0.2) is 41.3 Å². The van der Waals surface area contributed by atoms with Crippen LogP contribution in [0.2, 0.25) is 0 Å². The van der Waals surface area contributed by atoms with Crippen molar-refractivity contribution < 1.29 is 9.90 Å². The number of hydrogen-bond acceptors (Lipinski definition) is 5. The number of carbonyl (C=O) groups is 1. The zero-order valence-electron chi connectivity index (χ0n) is 17.6. The van der Waals surface area contributed by atoms with Crippen LogP contribution >= 0.6 is 11.6 Å². The van der Waals surface area contributed by atoms with Crippen molar-refractivity contribution in [2.24, 2.45) is 5.73 Å². The highest BCUT2D eigenvalue weighted by Gasteiger charge is 2.33. The van der Waals surface area contributed by atoms with Crippen LogP contribution < -0.4 is 5.73 Å². The van der Waals surface area contributed by atoms with Crippen LogP contribution in [0.4, 0.5) is 0 Å². The smallest absolute Gasteiger partial charge is 0.254 e. The van der Waals surface area contributed by atoms with Gasteiger partial charge in [-0.25, -0.2) is 0 Å². The second-order valence-corrected chi connectivity index (χ2v) is 8.19. The molecule has 0 aromatic heterocycles. The van der Waals surface area contributed by atoms with Gasteiger partial charge in [0.15, 0.2) is 0 Å². The first kappa shape index (κ1) is 22.5. The number of halogens is 1. The number of nitrogens with one attached hydrogen (secondary N) is 1. The number of nitrogens with zero attached hydrogens (tertiary/aromatic N) is 2. The predicted octanol–water partition coefficient (Wildman–Crippen LogP) is 3.57. The minimum Gasteiger partial charge on any atom is -0.401 e. The maximum Gasteiger partial charge on any atom is 0.254 e. The van der Waals surface area contributed by atoms with Crippen molar-refractivity contribution in [3.8, 4) is 6.07 Å². The van der Waals surface area contributed by atoms with Gasteiger partial charge in [0, 0.05) is 48.9 Å². The van der Waals surface area contributed by atoms with E-state index in [2.05, 4.69) is 6.07 Å². The van der Waals surface area contributed by atoms with Gasteiger partial charge in [0.2, 0.25) is 0 Å². The standard InChI is InChI=1S/C24H25ClN4O2/c1-14-9-15(2)20(10-19(14)23(28)22(25)21(27)7-8-30)24(31)29-12-18(13-29)17-5-3-16(11-26)4-6-17/h3-6,9-10,18,28,30H,7-8,12-13,27H2,1-2H3/b22-21+,28-23?. The molecule has 1 amide bonds. The van der Waals surface area contributed by atoms with E-state index in [0.717, 1.165) is 16.7 Å². The van der Waals surface area contributed by atoms with Crippen molar-refractivity contribution >= 4 is 23.2 Å². The normalized spacial score (nSPS) is 14.5. The number of aliphatic hydroxyl groups is 1. The third kappa shape index (κ3) is 4.63. The predicted molar refractivity (Wildman–Crippen MR) is 121 cm³/mol. The minimum atomic E-state index is -0.151. The van der Waals surface area contributed by atoms with Crippen LogP contribution in [0.15, 0.2) is 47.1 Å².